The number of aliphatic hydroxyl groups is 1. The normalized spacial score (nSPS) is 16.8. The fourth-order valence-corrected chi connectivity index (χ4v) is 2.73. The summed E-state index contributed by atoms with van der Waals surface area (Å²) in [7, 11) is 0. The second kappa shape index (κ2) is 13.6. The topological polar surface area (TPSA) is 208 Å². The van der Waals surface area contributed by atoms with Crippen LogP contribution in [-0.4, -0.2) is 75.3 Å². The molecule has 0 aromatic heterocycles. The number of nitrogens with one attached hydrogen (secondary N) is 3. The Morgan fingerprint density at radius 3 is 1.78 bits per heavy atom. The van der Waals surface area contributed by atoms with Crippen LogP contribution in [0.25, 0.3) is 0 Å². The average Bonchev–Trinajstić information content (AvgIpc) is 2.70. The number of carbonyl (C=O) groups is 5. The van der Waals surface area contributed by atoms with Gasteiger partial charge in [0.25, 0.3) is 0 Å². The minimum atomic E-state index is -1.46. The van der Waals surface area contributed by atoms with Crippen molar-refractivity contribution in [2.75, 3.05) is 0 Å². The number of aliphatic hydroxyl groups excluding tert-OH is 1. The summed E-state index contributed by atoms with van der Waals surface area (Å²) in [6.45, 7) is 7.99. The first-order valence-electron chi connectivity index (χ1n) is 10.5. The van der Waals surface area contributed by atoms with Crippen LogP contribution >= 0.6 is 0 Å². The van der Waals surface area contributed by atoms with Crippen LogP contribution < -0.4 is 21.7 Å². The molecule has 0 heterocycles. The SMILES string of the molecule is CCC(C)C(N)C(=O)NC(C(=O)NC(CCC(=O)O)C(=O)NC(C(=O)O)C(C)C)C(C)O. The van der Waals surface area contributed by atoms with E-state index in [1.807, 2.05) is 6.92 Å². The molecule has 0 aromatic carbocycles. The Morgan fingerprint density at radius 2 is 1.38 bits per heavy atom. The highest BCUT2D eigenvalue weighted by Crippen LogP contribution is 2.08. The van der Waals surface area contributed by atoms with Crippen LogP contribution in [0.4, 0.5) is 0 Å². The summed E-state index contributed by atoms with van der Waals surface area (Å²) in [5.74, 6) is -5.68. The van der Waals surface area contributed by atoms with Crippen molar-refractivity contribution in [1.82, 2.24) is 16.0 Å². The van der Waals surface area contributed by atoms with Gasteiger partial charge in [0, 0.05) is 6.42 Å². The molecular weight excluding hydrogens is 424 g/mol. The van der Waals surface area contributed by atoms with E-state index in [9.17, 15) is 34.2 Å². The number of nitrogens with two attached hydrogens (primary N) is 1. The molecule has 12 nitrogen and oxygen atoms in total. The van der Waals surface area contributed by atoms with Gasteiger partial charge in [0.2, 0.25) is 17.7 Å². The molecule has 0 saturated heterocycles. The van der Waals surface area contributed by atoms with E-state index in [1.54, 1.807) is 20.8 Å². The van der Waals surface area contributed by atoms with E-state index in [0.717, 1.165) is 0 Å². The van der Waals surface area contributed by atoms with E-state index in [-0.39, 0.29) is 12.3 Å². The Labute approximate surface area is 187 Å². The molecule has 32 heavy (non-hydrogen) atoms. The average molecular weight is 461 g/mol. The summed E-state index contributed by atoms with van der Waals surface area (Å²) in [6.07, 6.45) is -1.56. The van der Waals surface area contributed by atoms with Gasteiger partial charge in [-0.1, -0.05) is 34.1 Å². The van der Waals surface area contributed by atoms with Gasteiger partial charge in [-0.3, -0.25) is 19.2 Å². The number of carbonyl (C=O) groups excluding carboxylic acids is 3. The summed E-state index contributed by atoms with van der Waals surface area (Å²) in [6, 6.07) is -5.05. The van der Waals surface area contributed by atoms with Gasteiger partial charge in [0.1, 0.15) is 18.1 Å². The Bertz CT molecular complexity index is 683. The van der Waals surface area contributed by atoms with Gasteiger partial charge in [-0.15, -0.1) is 0 Å². The van der Waals surface area contributed by atoms with Crippen molar-refractivity contribution < 1.29 is 39.3 Å². The van der Waals surface area contributed by atoms with Gasteiger partial charge in [-0.25, -0.2) is 4.79 Å². The smallest absolute Gasteiger partial charge is 0.326 e. The number of amides is 3. The minimum absolute atomic E-state index is 0.189. The van der Waals surface area contributed by atoms with Crippen LogP contribution in [0.15, 0.2) is 0 Å². The van der Waals surface area contributed by atoms with Gasteiger partial charge in [0.05, 0.1) is 12.1 Å². The molecule has 3 amide bonds. The second-order valence-corrected chi connectivity index (χ2v) is 8.20. The standard InChI is InChI=1S/C20H36N4O8/c1-6-10(4)14(21)18(29)24-16(11(5)25)19(30)22-12(7-8-13(26)27)17(28)23-15(9(2)3)20(31)32/h9-12,14-16,25H,6-8,21H2,1-5H3,(H,22,30)(H,23,28)(H,24,29)(H,26,27)(H,31,32). The van der Waals surface area contributed by atoms with Gasteiger partial charge in [-0.2, -0.15) is 0 Å². The van der Waals surface area contributed by atoms with E-state index in [0.29, 0.717) is 6.42 Å². The van der Waals surface area contributed by atoms with Crippen molar-refractivity contribution in [2.24, 2.45) is 17.6 Å². The largest absolute Gasteiger partial charge is 0.481 e. The molecule has 6 unspecified atom stereocenters. The molecular formula is C20H36N4O8. The summed E-state index contributed by atoms with van der Waals surface area (Å²) in [5, 5.41) is 35.1. The number of rotatable bonds is 14. The molecule has 0 fully saturated rings. The highest BCUT2D eigenvalue weighted by atomic mass is 16.4. The Kier molecular flexibility index (Phi) is 12.5. The van der Waals surface area contributed by atoms with Crippen LogP contribution in [0.2, 0.25) is 0 Å². The molecule has 0 rings (SSSR count). The molecule has 0 aliphatic rings. The number of aliphatic carboxylic acids is 2. The van der Waals surface area contributed by atoms with Gasteiger partial charge >= 0.3 is 11.9 Å². The maximum atomic E-state index is 12.7. The summed E-state index contributed by atoms with van der Waals surface area (Å²) < 4.78 is 0. The third kappa shape index (κ3) is 9.60. The molecule has 12 heteroatoms. The molecule has 8 N–H and O–H groups in total. The number of hydrogen-bond acceptors (Lipinski definition) is 7. The lowest BCUT2D eigenvalue weighted by molar-refractivity contribution is -0.144. The zero-order valence-electron chi connectivity index (χ0n) is 19.1. The maximum absolute atomic E-state index is 12.7. The van der Waals surface area contributed by atoms with E-state index < -0.39 is 72.3 Å². The third-order valence-electron chi connectivity index (χ3n) is 5.13. The lowest BCUT2D eigenvalue weighted by Gasteiger charge is -2.27. The molecule has 0 bridgehead atoms. The van der Waals surface area contributed by atoms with Gasteiger partial charge < -0.3 is 37.0 Å². The van der Waals surface area contributed by atoms with Gasteiger partial charge in [0.15, 0.2) is 0 Å². The van der Waals surface area contributed by atoms with Crippen molar-refractivity contribution in [2.45, 2.75) is 84.2 Å². The number of carboxylic acid groups (broad SMARTS) is 2. The Balaban J connectivity index is 5.53. The predicted molar refractivity (Wildman–Crippen MR) is 114 cm³/mol. The molecule has 0 radical (unpaired) electrons. The first-order valence-corrected chi connectivity index (χ1v) is 10.5. The van der Waals surface area contributed by atoms with E-state index in [2.05, 4.69) is 16.0 Å². The van der Waals surface area contributed by atoms with Crippen LogP contribution in [0.3, 0.4) is 0 Å². The summed E-state index contributed by atoms with van der Waals surface area (Å²) in [5.41, 5.74) is 5.85. The van der Waals surface area contributed by atoms with Crippen molar-refractivity contribution in [3.05, 3.63) is 0 Å². The van der Waals surface area contributed by atoms with E-state index in [4.69, 9.17) is 10.8 Å². The van der Waals surface area contributed by atoms with Crippen LogP contribution in [0, 0.1) is 11.8 Å². The highest BCUT2D eigenvalue weighted by Gasteiger charge is 2.33. The predicted octanol–water partition coefficient (Wildman–Crippen LogP) is -1.20. The van der Waals surface area contributed by atoms with E-state index in [1.165, 1.54) is 6.92 Å². The maximum Gasteiger partial charge on any atom is 0.326 e. The monoisotopic (exact) mass is 460 g/mol. The molecule has 184 valence electrons. The van der Waals surface area contributed by atoms with Crippen molar-refractivity contribution >= 4 is 29.7 Å². The number of carboxylic acids is 2. The molecule has 0 saturated carbocycles. The third-order valence-corrected chi connectivity index (χ3v) is 5.13. The minimum Gasteiger partial charge on any atom is -0.481 e. The number of hydrogen-bond donors (Lipinski definition) is 7. The zero-order valence-corrected chi connectivity index (χ0v) is 19.1. The summed E-state index contributed by atoms with van der Waals surface area (Å²) >= 11 is 0. The van der Waals surface area contributed by atoms with Gasteiger partial charge in [-0.05, 0) is 25.2 Å². The Hall–Kier alpha value is -2.73. The summed E-state index contributed by atoms with van der Waals surface area (Å²) in [4.78, 5) is 60.0. The zero-order chi connectivity index (χ0) is 25.2. The molecule has 0 aromatic rings. The quantitative estimate of drug-likeness (QED) is 0.166. The molecule has 0 spiro atoms. The van der Waals surface area contributed by atoms with Crippen LogP contribution in [0.5, 0.6) is 0 Å². The Morgan fingerprint density at radius 1 is 0.844 bits per heavy atom. The van der Waals surface area contributed by atoms with Crippen LogP contribution in [-0.2, 0) is 24.0 Å². The molecule has 6 atom stereocenters. The first kappa shape index (κ1) is 29.3. The van der Waals surface area contributed by atoms with E-state index >= 15 is 0 Å². The van der Waals surface area contributed by atoms with Crippen molar-refractivity contribution in [3.8, 4) is 0 Å². The van der Waals surface area contributed by atoms with Crippen molar-refractivity contribution in [3.63, 3.8) is 0 Å². The molecule has 0 aliphatic carbocycles. The first-order chi connectivity index (χ1) is 14.7. The fourth-order valence-electron chi connectivity index (χ4n) is 2.73. The second-order valence-electron chi connectivity index (χ2n) is 8.20. The molecule has 0 aliphatic heterocycles. The lowest BCUT2D eigenvalue weighted by Crippen LogP contribution is -2.60. The lowest BCUT2D eigenvalue weighted by atomic mass is 9.98. The van der Waals surface area contributed by atoms with Crippen LogP contribution in [0.1, 0.15) is 53.9 Å². The van der Waals surface area contributed by atoms with Crippen molar-refractivity contribution in [1.29, 1.82) is 0 Å². The fraction of sp³-hybridized carbons (Fsp3) is 0.750. The highest BCUT2D eigenvalue weighted by molar-refractivity contribution is 5.94.